The summed E-state index contributed by atoms with van der Waals surface area (Å²) in [5, 5.41) is 15.5. The first-order valence-electron chi connectivity index (χ1n) is 9.20. The Morgan fingerprint density at radius 3 is 2.67 bits per heavy atom. The first-order valence-corrected chi connectivity index (χ1v) is 10.4. The molecule has 0 bridgehead atoms. The molecule has 4 rings (SSSR count). The lowest BCUT2D eigenvalue weighted by Gasteiger charge is -2.10. The first kappa shape index (κ1) is 20.3. The Labute approximate surface area is 181 Å². The number of benzene rings is 2. The number of carbonyl (C=O) groups is 3. The molecule has 3 aromatic rings. The predicted molar refractivity (Wildman–Crippen MR) is 116 cm³/mol. The molecule has 154 valence electrons. The number of halogens is 1. The molecule has 2 atom stereocenters. The second-order valence-corrected chi connectivity index (χ2v) is 8.99. The van der Waals surface area contributed by atoms with Crippen LogP contribution in [-0.2, 0) is 9.59 Å². The van der Waals surface area contributed by atoms with Gasteiger partial charge in [0.1, 0.15) is 0 Å². The zero-order valence-electron chi connectivity index (χ0n) is 16.2. The van der Waals surface area contributed by atoms with Gasteiger partial charge in [-0.05, 0) is 50.1 Å². The van der Waals surface area contributed by atoms with Crippen molar-refractivity contribution >= 4 is 61.8 Å². The summed E-state index contributed by atoms with van der Waals surface area (Å²) in [7, 11) is 0. The van der Waals surface area contributed by atoms with Gasteiger partial charge in [-0.15, -0.1) is 0 Å². The molecule has 1 aromatic heterocycles. The van der Waals surface area contributed by atoms with Gasteiger partial charge in [0.25, 0.3) is 5.91 Å². The Balaban J connectivity index is 1.51. The van der Waals surface area contributed by atoms with E-state index >= 15 is 0 Å². The molecule has 30 heavy (non-hydrogen) atoms. The van der Waals surface area contributed by atoms with E-state index in [1.807, 2.05) is 19.1 Å². The third-order valence-electron chi connectivity index (χ3n) is 5.38. The summed E-state index contributed by atoms with van der Waals surface area (Å²) in [6.45, 7) is 3.42. The van der Waals surface area contributed by atoms with E-state index in [9.17, 15) is 19.5 Å². The number of para-hydroxylation sites is 1. The summed E-state index contributed by atoms with van der Waals surface area (Å²) in [6.07, 6.45) is 0.310. The molecule has 9 heteroatoms. The number of nitrogens with zero attached hydrogens (tertiary/aromatic N) is 1. The summed E-state index contributed by atoms with van der Waals surface area (Å²) in [5.41, 5.74) is 1.48. The number of thiazole rings is 1. The number of amides is 2. The normalized spacial score (nSPS) is 20.0. The van der Waals surface area contributed by atoms with E-state index in [1.165, 1.54) is 11.3 Å². The summed E-state index contributed by atoms with van der Waals surface area (Å²) < 4.78 is 0.727. The van der Waals surface area contributed by atoms with Gasteiger partial charge in [0.05, 0.1) is 32.3 Å². The fourth-order valence-electron chi connectivity index (χ4n) is 3.27. The Morgan fingerprint density at radius 1 is 1.23 bits per heavy atom. The third kappa shape index (κ3) is 3.64. The van der Waals surface area contributed by atoms with Crippen molar-refractivity contribution in [2.75, 3.05) is 10.6 Å². The number of hydrogen-bond acceptors (Lipinski definition) is 5. The largest absolute Gasteiger partial charge is 0.481 e. The maximum atomic E-state index is 12.7. The Morgan fingerprint density at radius 2 is 2.00 bits per heavy atom. The molecule has 1 aliphatic carbocycles. The number of rotatable bonds is 5. The van der Waals surface area contributed by atoms with Crippen LogP contribution in [0.15, 0.2) is 36.4 Å². The van der Waals surface area contributed by atoms with Gasteiger partial charge < -0.3 is 15.7 Å². The van der Waals surface area contributed by atoms with Gasteiger partial charge in [0, 0.05) is 5.56 Å². The zero-order chi connectivity index (χ0) is 21.6. The van der Waals surface area contributed by atoms with Gasteiger partial charge >= 0.3 is 5.97 Å². The molecule has 0 spiro atoms. The highest BCUT2D eigenvalue weighted by molar-refractivity contribution is 7.22. The fourth-order valence-corrected chi connectivity index (χ4v) is 4.45. The van der Waals surface area contributed by atoms with Gasteiger partial charge in [0.15, 0.2) is 5.13 Å². The van der Waals surface area contributed by atoms with E-state index in [1.54, 1.807) is 31.2 Å². The van der Waals surface area contributed by atoms with Gasteiger partial charge in [-0.2, -0.15) is 0 Å². The highest BCUT2D eigenvalue weighted by Crippen LogP contribution is 2.52. The monoisotopic (exact) mass is 443 g/mol. The standard InChI is InChI=1S/C21H18ClN3O4S/c1-10-4-3-5-13(22)16(10)24-17(26)11-6-7-14-15(8-11)30-20(23-14)25-18(27)12-9-21(12,2)19(28)29/h3-8,12H,9H2,1-2H3,(H,24,26)(H,28,29)(H,23,25,27). The molecule has 3 N–H and O–H groups in total. The molecule has 7 nitrogen and oxygen atoms in total. The molecular weight excluding hydrogens is 426 g/mol. The number of aryl methyl sites for hydroxylation is 1. The highest BCUT2D eigenvalue weighted by Gasteiger charge is 2.60. The number of fused-ring (bicyclic) bond motifs is 1. The second-order valence-electron chi connectivity index (χ2n) is 7.56. The van der Waals surface area contributed by atoms with Crippen LogP contribution in [0.3, 0.4) is 0 Å². The SMILES string of the molecule is Cc1cccc(Cl)c1NC(=O)c1ccc2nc(NC(=O)C3CC3(C)C(=O)O)sc2c1. The molecule has 2 amide bonds. The maximum absolute atomic E-state index is 12.7. The Bertz CT molecular complexity index is 1190. The highest BCUT2D eigenvalue weighted by atomic mass is 35.5. The summed E-state index contributed by atoms with van der Waals surface area (Å²) in [6, 6.07) is 10.4. The average Bonchev–Trinajstić information content (AvgIpc) is 3.24. The molecule has 2 unspecified atom stereocenters. The minimum atomic E-state index is -1.01. The van der Waals surface area contributed by atoms with Crippen molar-refractivity contribution in [2.24, 2.45) is 11.3 Å². The van der Waals surface area contributed by atoms with E-state index in [4.69, 9.17) is 11.6 Å². The molecule has 1 saturated carbocycles. The number of aromatic nitrogens is 1. The summed E-state index contributed by atoms with van der Waals surface area (Å²) in [4.78, 5) is 40.6. The van der Waals surface area contributed by atoms with Gasteiger partial charge in [-0.25, -0.2) is 4.98 Å². The molecular formula is C21H18ClN3O4S. The van der Waals surface area contributed by atoms with Crippen LogP contribution >= 0.6 is 22.9 Å². The van der Waals surface area contributed by atoms with Crippen molar-refractivity contribution in [2.45, 2.75) is 20.3 Å². The number of carboxylic acids is 1. The molecule has 0 radical (unpaired) electrons. The smallest absolute Gasteiger partial charge is 0.310 e. The van der Waals surface area contributed by atoms with E-state index in [0.29, 0.717) is 33.3 Å². The van der Waals surface area contributed by atoms with Crippen LogP contribution < -0.4 is 10.6 Å². The van der Waals surface area contributed by atoms with E-state index in [0.717, 1.165) is 10.3 Å². The molecule has 0 aliphatic heterocycles. The summed E-state index contributed by atoms with van der Waals surface area (Å²) in [5.74, 6) is -2.20. The number of carboxylic acid groups (broad SMARTS) is 1. The van der Waals surface area contributed by atoms with Crippen molar-refractivity contribution in [1.29, 1.82) is 0 Å². The van der Waals surface area contributed by atoms with Crippen LogP contribution in [-0.4, -0.2) is 27.9 Å². The van der Waals surface area contributed by atoms with E-state index < -0.39 is 17.3 Å². The van der Waals surface area contributed by atoms with Crippen molar-refractivity contribution in [3.63, 3.8) is 0 Å². The number of nitrogens with one attached hydrogen (secondary N) is 2. The van der Waals surface area contributed by atoms with E-state index in [2.05, 4.69) is 15.6 Å². The van der Waals surface area contributed by atoms with Crippen LogP contribution in [0.25, 0.3) is 10.2 Å². The van der Waals surface area contributed by atoms with E-state index in [-0.39, 0.29) is 11.8 Å². The topological polar surface area (TPSA) is 108 Å². The lowest BCUT2D eigenvalue weighted by atomic mass is 10.1. The second kappa shape index (κ2) is 7.37. The number of anilines is 2. The van der Waals surface area contributed by atoms with Crippen molar-refractivity contribution in [3.05, 3.63) is 52.5 Å². The molecule has 1 fully saturated rings. The third-order valence-corrected chi connectivity index (χ3v) is 6.63. The number of carbonyl (C=O) groups excluding carboxylic acids is 2. The Kier molecular flexibility index (Phi) is 4.99. The van der Waals surface area contributed by atoms with Crippen LogP contribution in [0.2, 0.25) is 5.02 Å². The number of aliphatic carboxylic acids is 1. The first-order chi connectivity index (χ1) is 14.2. The number of hydrogen-bond donors (Lipinski definition) is 3. The maximum Gasteiger partial charge on any atom is 0.310 e. The van der Waals surface area contributed by atoms with Crippen LogP contribution in [0.1, 0.15) is 29.3 Å². The van der Waals surface area contributed by atoms with Crippen LogP contribution in [0.5, 0.6) is 0 Å². The van der Waals surface area contributed by atoms with Crippen molar-refractivity contribution in [1.82, 2.24) is 4.98 Å². The molecule has 1 aliphatic rings. The quantitative estimate of drug-likeness (QED) is 0.535. The zero-order valence-corrected chi connectivity index (χ0v) is 17.7. The average molecular weight is 444 g/mol. The van der Waals surface area contributed by atoms with Crippen LogP contribution in [0.4, 0.5) is 10.8 Å². The van der Waals surface area contributed by atoms with Crippen LogP contribution in [0, 0.1) is 18.3 Å². The predicted octanol–water partition coefficient (Wildman–Crippen LogP) is 4.56. The van der Waals surface area contributed by atoms with Gasteiger partial charge in [-0.1, -0.05) is 35.1 Å². The molecule has 1 heterocycles. The fraction of sp³-hybridized carbons (Fsp3) is 0.238. The molecule has 0 saturated heterocycles. The van der Waals surface area contributed by atoms with Gasteiger partial charge in [0.2, 0.25) is 5.91 Å². The minimum Gasteiger partial charge on any atom is -0.481 e. The Hall–Kier alpha value is -2.97. The minimum absolute atomic E-state index is 0.303. The lowest BCUT2D eigenvalue weighted by Crippen LogP contribution is -2.22. The molecule has 2 aromatic carbocycles. The van der Waals surface area contributed by atoms with Crippen molar-refractivity contribution in [3.8, 4) is 0 Å². The summed E-state index contributed by atoms with van der Waals surface area (Å²) >= 11 is 7.41. The van der Waals surface area contributed by atoms with Crippen molar-refractivity contribution < 1.29 is 19.5 Å². The lowest BCUT2D eigenvalue weighted by molar-refractivity contribution is -0.144. The van der Waals surface area contributed by atoms with Gasteiger partial charge in [-0.3, -0.25) is 14.4 Å².